The molecular weight excluding hydrogens is 293 g/mol. The molecule has 0 spiro atoms. The molecule has 1 heterocycles. The summed E-state index contributed by atoms with van der Waals surface area (Å²) in [6, 6.07) is 3.29. The van der Waals surface area contributed by atoms with E-state index in [1.807, 2.05) is 0 Å². The van der Waals surface area contributed by atoms with Gasteiger partial charge >= 0.3 is 7.60 Å². The lowest BCUT2D eigenvalue weighted by molar-refractivity contribution is -0.135. The van der Waals surface area contributed by atoms with E-state index < -0.39 is 13.4 Å². The fraction of sp³-hybridized carbons (Fsp3) is 0.500. The highest BCUT2D eigenvalue weighted by Gasteiger charge is 2.44. The van der Waals surface area contributed by atoms with Gasteiger partial charge in [-0.1, -0.05) is 19.9 Å². The molecule has 1 aromatic heterocycles. The van der Waals surface area contributed by atoms with Gasteiger partial charge in [-0.2, -0.15) is 0 Å². The Kier molecular flexibility index (Phi) is 6.40. The molecule has 0 aliphatic rings. The lowest BCUT2D eigenvalue weighted by atomic mass is 10.2. The Balaban J connectivity index is 3.36. The first-order valence-corrected chi connectivity index (χ1v) is 8.18. The van der Waals surface area contributed by atoms with E-state index in [0.717, 1.165) is 0 Å². The summed E-state index contributed by atoms with van der Waals surface area (Å²) < 4.78 is 28.4. The third kappa shape index (κ3) is 3.84. The van der Waals surface area contributed by atoms with Crippen molar-refractivity contribution in [3.05, 3.63) is 36.8 Å². The number of carbonyl (C=O) groups excluding carboxylic acids is 1. The molecule has 1 aromatic rings. The number of amides is 1. The minimum absolute atomic E-state index is 0.189. The Morgan fingerprint density at radius 3 is 2.48 bits per heavy atom. The largest absolute Gasteiger partial charge is 0.466 e. The van der Waals surface area contributed by atoms with E-state index in [4.69, 9.17) is 13.5 Å². The van der Waals surface area contributed by atoms with Gasteiger partial charge in [-0.25, -0.2) is 0 Å². The van der Waals surface area contributed by atoms with Crippen LogP contribution in [0.5, 0.6) is 0 Å². The van der Waals surface area contributed by atoms with Crippen LogP contribution in [-0.2, 0) is 18.4 Å². The van der Waals surface area contributed by atoms with Crippen LogP contribution >= 0.6 is 7.60 Å². The Morgan fingerprint density at radius 2 is 2.10 bits per heavy atom. The van der Waals surface area contributed by atoms with Gasteiger partial charge in [0.15, 0.2) is 5.78 Å². The van der Waals surface area contributed by atoms with Gasteiger partial charge in [-0.05, 0) is 12.1 Å². The fourth-order valence-corrected chi connectivity index (χ4v) is 3.53. The molecule has 7 heteroatoms. The van der Waals surface area contributed by atoms with Crippen molar-refractivity contribution in [1.82, 2.24) is 4.90 Å². The van der Waals surface area contributed by atoms with Gasteiger partial charge in [0, 0.05) is 26.7 Å². The first kappa shape index (κ1) is 17.7. The molecule has 21 heavy (non-hydrogen) atoms. The molecule has 1 atom stereocenters. The minimum atomic E-state index is -3.60. The van der Waals surface area contributed by atoms with Crippen LogP contribution in [0, 0.1) is 5.92 Å². The maximum Gasteiger partial charge on any atom is 0.360 e. The standard InChI is InChI=1S/C14H22NO5P/c1-6-9-15(13(16)11(2)3)14(12-8-7-10-20-12)21(17,18-4)19-5/h6-8,10-11,14H,1,9H2,2-5H3. The molecular formula is C14H22NO5P. The Morgan fingerprint density at radius 1 is 1.48 bits per heavy atom. The molecule has 0 aliphatic carbocycles. The van der Waals surface area contributed by atoms with E-state index in [1.165, 1.54) is 25.4 Å². The molecule has 0 saturated carbocycles. The second-order valence-corrected chi connectivity index (χ2v) is 7.03. The first-order chi connectivity index (χ1) is 9.91. The normalized spacial score (nSPS) is 13.2. The SMILES string of the molecule is C=CCN(C(=O)C(C)C)C(c1ccco1)P(=O)(OC)OC. The van der Waals surface area contributed by atoms with Crippen molar-refractivity contribution in [2.75, 3.05) is 20.8 Å². The van der Waals surface area contributed by atoms with Crippen molar-refractivity contribution >= 4 is 13.5 Å². The average Bonchev–Trinajstić information content (AvgIpc) is 2.99. The van der Waals surface area contributed by atoms with Crippen LogP contribution in [0.25, 0.3) is 0 Å². The molecule has 1 unspecified atom stereocenters. The van der Waals surface area contributed by atoms with Gasteiger partial charge in [0.1, 0.15) is 5.76 Å². The van der Waals surface area contributed by atoms with E-state index in [0.29, 0.717) is 5.76 Å². The van der Waals surface area contributed by atoms with Crippen molar-refractivity contribution in [1.29, 1.82) is 0 Å². The zero-order valence-electron chi connectivity index (χ0n) is 12.8. The zero-order chi connectivity index (χ0) is 16.0. The number of carbonyl (C=O) groups is 1. The van der Waals surface area contributed by atoms with E-state index in [1.54, 1.807) is 32.1 Å². The van der Waals surface area contributed by atoms with Crippen molar-refractivity contribution < 1.29 is 22.8 Å². The van der Waals surface area contributed by atoms with Gasteiger partial charge in [0.25, 0.3) is 0 Å². The smallest absolute Gasteiger partial charge is 0.360 e. The van der Waals surface area contributed by atoms with Crippen LogP contribution in [0.3, 0.4) is 0 Å². The summed E-state index contributed by atoms with van der Waals surface area (Å²) in [6.45, 7) is 7.38. The molecule has 0 N–H and O–H groups in total. The van der Waals surface area contributed by atoms with Gasteiger partial charge in [-0.15, -0.1) is 6.58 Å². The molecule has 0 aliphatic heterocycles. The molecule has 6 nitrogen and oxygen atoms in total. The molecule has 0 fully saturated rings. The Hall–Kier alpha value is -1.36. The van der Waals surface area contributed by atoms with Crippen LogP contribution in [0.4, 0.5) is 0 Å². The number of hydrogen-bond donors (Lipinski definition) is 0. The summed E-state index contributed by atoms with van der Waals surface area (Å²) in [5, 5.41) is 0. The maximum atomic E-state index is 12.9. The molecule has 0 saturated heterocycles. The third-order valence-corrected chi connectivity index (χ3v) is 5.15. The van der Waals surface area contributed by atoms with Gasteiger partial charge < -0.3 is 18.4 Å². The number of nitrogens with zero attached hydrogens (tertiary/aromatic N) is 1. The van der Waals surface area contributed by atoms with Gasteiger partial charge in [-0.3, -0.25) is 9.36 Å². The lowest BCUT2D eigenvalue weighted by Crippen LogP contribution is -2.38. The molecule has 0 aromatic carbocycles. The van der Waals surface area contributed by atoms with Crippen molar-refractivity contribution in [2.24, 2.45) is 5.92 Å². The van der Waals surface area contributed by atoms with Gasteiger partial charge in [0.2, 0.25) is 5.91 Å². The fourth-order valence-electron chi connectivity index (χ4n) is 1.97. The number of hydrogen-bond acceptors (Lipinski definition) is 5. The average molecular weight is 315 g/mol. The Labute approximate surface area is 125 Å². The van der Waals surface area contributed by atoms with E-state index in [2.05, 4.69) is 6.58 Å². The molecule has 118 valence electrons. The van der Waals surface area contributed by atoms with Crippen molar-refractivity contribution in [3.63, 3.8) is 0 Å². The zero-order valence-corrected chi connectivity index (χ0v) is 13.7. The number of furan rings is 1. The monoisotopic (exact) mass is 315 g/mol. The highest BCUT2D eigenvalue weighted by molar-refractivity contribution is 7.54. The predicted molar refractivity (Wildman–Crippen MR) is 79.8 cm³/mol. The second kappa shape index (κ2) is 7.59. The summed E-state index contributed by atoms with van der Waals surface area (Å²) in [5.41, 5.74) is 0. The topological polar surface area (TPSA) is 69.0 Å². The summed E-state index contributed by atoms with van der Waals surface area (Å²) in [4.78, 5) is 13.9. The van der Waals surface area contributed by atoms with Crippen LogP contribution in [-0.4, -0.2) is 31.6 Å². The minimum Gasteiger partial charge on any atom is -0.466 e. The molecule has 0 bridgehead atoms. The summed E-state index contributed by atoms with van der Waals surface area (Å²) in [6.07, 6.45) is 3.01. The van der Waals surface area contributed by atoms with Crippen LogP contribution in [0.1, 0.15) is 25.4 Å². The quantitative estimate of drug-likeness (QED) is 0.543. The first-order valence-electron chi connectivity index (χ1n) is 6.57. The van der Waals surface area contributed by atoms with Crippen LogP contribution in [0.15, 0.2) is 35.5 Å². The molecule has 1 rings (SSSR count). The summed E-state index contributed by atoms with van der Waals surface area (Å²) >= 11 is 0. The summed E-state index contributed by atoms with van der Waals surface area (Å²) in [7, 11) is -1.03. The van der Waals surface area contributed by atoms with Crippen molar-refractivity contribution in [2.45, 2.75) is 19.6 Å². The molecule has 1 amide bonds. The molecule has 0 radical (unpaired) electrons. The maximum absolute atomic E-state index is 12.9. The number of rotatable bonds is 8. The van der Waals surface area contributed by atoms with Crippen LogP contribution in [0.2, 0.25) is 0 Å². The van der Waals surface area contributed by atoms with E-state index in [9.17, 15) is 9.36 Å². The third-order valence-electron chi connectivity index (χ3n) is 3.00. The van der Waals surface area contributed by atoms with Crippen LogP contribution < -0.4 is 0 Å². The lowest BCUT2D eigenvalue weighted by Gasteiger charge is -2.33. The highest BCUT2D eigenvalue weighted by atomic mass is 31.2. The van der Waals surface area contributed by atoms with E-state index in [-0.39, 0.29) is 18.4 Å². The van der Waals surface area contributed by atoms with Gasteiger partial charge in [0.05, 0.1) is 6.26 Å². The second-order valence-electron chi connectivity index (χ2n) is 4.73. The van der Waals surface area contributed by atoms with E-state index >= 15 is 0 Å². The summed E-state index contributed by atoms with van der Waals surface area (Å²) in [5.74, 6) is -1.07. The highest BCUT2D eigenvalue weighted by Crippen LogP contribution is 2.61. The van der Waals surface area contributed by atoms with Crippen molar-refractivity contribution in [3.8, 4) is 0 Å². The Bertz CT molecular complexity index is 503. The predicted octanol–water partition coefficient (Wildman–Crippen LogP) is 3.43.